The molecule has 0 unspecified atom stereocenters. The van der Waals surface area contributed by atoms with E-state index in [-0.39, 0.29) is 16.9 Å². The monoisotopic (exact) mass is 433 g/mol. The Morgan fingerprint density at radius 3 is 2.21 bits per heavy atom. The number of aryl methyl sites for hydroxylation is 1. The molecule has 0 radical (unpaired) electrons. The van der Waals surface area contributed by atoms with Crippen LogP contribution in [0.4, 0.5) is 17.6 Å². The summed E-state index contributed by atoms with van der Waals surface area (Å²) < 4.78 is 78.5. The van der Waals surface area contributed by atoms with Crippen LogP contribution in [0.25, 0.3) is 16.9 Å². The molecule has 0 aliphatic rings. The number of halogens is 5. The van der Waals surface area contributed by atoms with Crippen LogP contribution in [0.3, 0.4) is 0 Å². The molecule has 1 aromatic heterocycles. The molecule has 11 heteroatoms. The summed E-state index contributed by atoms with van der Waals surface area (Å²) in [6.07, 6.45) is -2.95. The lowest BCUT2D eigenvalue weighted by Gasteiger charge is -2.11. The van der Waals surface area contributed by atoms with Crippen molar-refractivity contribution in [1.82, 2.24) is 9.78 Å². The standard InChI is InChI=1S/C17H12ClF4N3O2S/c1-8-2-3-10(6-11(8)18)25-15(7-14(24-25)17(21)22)9-4-12(19)16(13(20)5-9)28(23,26)27/h2-7,17H,1H3,(H2,23,26,27). The van der Waals surface area contributed by atoms with Gasteiger partial charge >= 0.3 is 0 Å². The van der Waals surface area contributed by atoms with Crippen LogP contribution in [0.1, 0.15) is 17.7 Å². The van der Waals surface area contributed by atoms with E-state index in [4.69, 9.17) is 16.7 Å². The first-order valence-corrected chi connectivity index (χ1v) is 9.58. The molecule has 0 aliphatic carbocycles. The third kappa shape index (κ3) is 3.75. The van der Waals surface area contributed by atoms with E-state index in [1.54, 1.807) is 19.1 Å². The zero-order chi connectivity index (χ0) is 20.8. The van der Waals surface area contributed by atoms with Crippen LogP contribution in [0, 0.1) is 18.6 Å². The van der Waals surface area contributed by atoms with Gasteiger partial charge in [0.1, 0.15) is 17.3 Å². The van der Waals surface area contributed by atoms with Gasteiger partial charge < -0.3 is 0 Å². The van der Waals surface area contributed by atoms with E-state index in [2.05, 4.69) is 5.10 Å². The number of primary sulfonamides is 1. The Balaban J connectivity index is 2.26. The molecule has 0 fully saturated rings. The Hall–Kier alpha value is -2.43. The van der Waals surface area contributed by atoms with E-state index in [0.717, 1.165) is 16.3 Å². The lowest BCUT2D eigenvalue weighted by Crippen LogP contribution is -2.16. The van der Waals surface area contributed by atoms with Gasteiger partial charge in [-0.1, -0.05) is 17.7 Å². The van der Waals surface area contributed by atoms with Crippen LogP contribution < -0.4 is 5.14 Å². The zero-order valence-electron chi connectivity index (χ0n) is 14.1. The average Bonchev–Trinajstić information content (AvgIpc) is 3.01. The van der Waals surface area contributed by atoms with Crippen LogP contribution in [0.2, 0.25) is 5.02 Å². The van der Waals surface area contributed by atoms with Gasteiger partial charge in [-0.15, -0.1) is 0 Å². The number of sulfonamides is 1. The van der Waals surface area contributed by atoms with E-state index in [1.165, 1.54) is 6.07 Å². The summed E-state index contributed by atoms with van der Waals surface area (Å²) in [6, 6.07) is 6.93. The molecule has 0 saturated heterocycles. The van der Waals surface area contributed by atoms with Gasteiger partial charge in [-0.3, -0.25) is 0 Å². The quantitative estimate of drug-likeness (QED) is 0.621. The fourth-order valence-electron chi connectivity index (χ4n) is 2.60. The molecule has 0 amide bonds. The summed E-state index contributed by atoms with van der Waals surface area (Å²) >= 11 is 6.06. The first-order chi connectivity index (χ1) is 13.0. The summed E-state index contributed by atoms with van der Waals surface area (Å²) in [5.74, 6) is -2.91. The Morgan fingerprint density at radius 2 is 1.71 bits per heavy atom. The van der Waals surface area contributed by atoms with Crippen molar-refractivity contribution in [1.29, 1.82) is 0 Å². The highest BCUT2D eigenvalue weighted by Crippen LogP contribution is 2.32. The lowest BCUT2D eigenvalue weighted by molar-refractivity contribution is 0.145. The molecule has 0 spiro atoms. The number of alkyl halides is 2. The van der Waals surface area contributed by atoms with E-state index in [0.29, 0.717) is 17.2 Å². The van der Waals surface area contributed by atoms with Gasteiger partial charge in [0.25, 0.3) is 6.43 Å². The number of aromatic nitrogens is 2. The molecule has 5 nitrogen and oxygen atoms in total. The van der Waals surface area contributed by atoms with E-state index in [1.807, 2.05) is 0 Å². The number of nitrogens with zero attached hydrogens (tertiary/aromatic N) is 2. The molecule has 0 aliphatic heterocycles. The minimum atomic E-state index is -4.65. The topological polar surface area (TPSA) is 78.0 Å². The van der Waals surface area contributed by atoms with Crippen molar-refractivity contribution in [2.75, 3.05) is 0 Å². The summed E-state index contributed by atoms with van der Waals surface area (Å²) in [5.41, 5.74) is 0.0622. The average molecular weight is 434 g/mol. The molecule has 0 saturated carbocycles. The van der Waals surface area contributed by atoms with Gasteiger partial charge in [-0.2, -0.15) is 5.10 Å². The molecule has 3 aromatic rings. The largest absolute Gasteiger partial charge is 0.282 e. The van der Waals surface area contributed by atoms with Crippen molar-refractivity contribution in [3.05, 3.63) is 64.3 Å². The van der Waals surface area contributed by atoms with Gasteiger partial charge in [0.15, 0.2) is 4.90 Å². The number of benzene rings is 2. The summed E-state index contributed by atoms with van der Waals surface area (Å²) in [4.78, 5) is -1.31. The van der Waals surface area contributed by atoms with Gasteiger partial charge in [0.05, 0.1) is 11.4 Å². The summed E-state index contributed by atoms with van der Waals surface area (Å²) in [7, 11) is -4.65. The van der Waals surface area contributed by atoms with Gasteiger partial charge in [0.2, 0.25) is 10.0 Å². The molecular weight excluding hydrogens is 422 g/mol. The zero-order valence-corrected chi connectivity index (χ0v) is 15.7. The number of nitrogens with two attached hydrogens (primary N) is 1. The number of hydrogen-bond acceptors (Lipinski definition) is 3. The van der Waals surface area contributed by atoms with E-state index >= 15 is 0 Å². The second kappa shape index (κ2) is 7.19. The molecular formula is C17H12ClF4N3O2S. The van der Waals surface area contributed by atoms with Crippen molar-refractivity contribution in [2.24, 2.45) is 5.14 Å². The van der Waals surface area contributed by atoms with Crippen LogP contribution in [0.15, 0.2) is 41.3 Å². The second-order valence-corrected chi connectivity index (χ2v) is 7.82. The first kappa shape index (κ1) is 20.3. The maximum Gasteiger partial charge on any atom is 0.282 e. The maximum atomic E-state index is 14.2. The number of hydrogen-bond donors (Lipinski definition) is 1. The van der Waals surface area contributed by atoms with Crippen molar-refractivity contribution in [2.45, 2.75) is 18.2 Å². The van der Waals surface area contributed by atoms with Crippen LogP contribution in [-0.2, 0) is 10.0 Å². The fraction of sp³-hybridized carbons (Fsp3) is 0.118. The normalized spacial score (nSPS) is 12.0. The summed E-state index contributed by atoms with van der Waals surface area (Å²) in [5, 5.41) is 8.91. The van der Waals surface area contributed by atoms with Crippen LogP contribution in [0.5, 0.6) is 0 Å². The highest BCUT2D eigenvalue weighted by Gasteiger charge is 2.24. The first-order valence-electron chi connectivity index (χ1n) is 7.66. The highest BCUT2D eigenvalue weighted by molar-refractivity contribution is 7.89. The lowest BCUT2D eigenvalue weighted by atomic mass is 10.1. The molecule has 1 heterocycles. The fourth-order valence-corrected chi connectivity index (χ4v) is 3.44. The molecule has 0 bridgehead atoms. The molecule has 2 N–H and O–H groups in total. The van der Waals surface area contributed by atoms with E-state index < -0.39 is 38.7 Å². The third-order valence-electron chi connectivity index (χ3n) is 3.93. The van der Waals surface area contributed by atoms with Crippen molar-refractivity contribution >= 4 is 21.6 Å². The van der Waals surface area contributed by atoms with Crippen molar-refractivity contribution in [3.63, 3.8) is 0 Å². The predicted octanol–water partition coefficient (Wildman–Crippen LogP) is 4.36. The molecule has 0 atom stereocenters. The Kier molecular flexibility index (Phi) is 5.22. The van der Waals surface area contributed by atoms with Crippen molar-refractivity contribution in [3.8, 4) is 16.9 Å². The van der Waals surface area contributed by atoms with Gasteiger partial charge in [-0.25, -0.2) is 35.8 Å². The SMILES string of the molecule is Cc1ccc(-n2nc(C(F)F)cc2-c2cc(F)c(S(N)(=O)=O)c(F)c2)cc1Cl. The predicted molar refractivity (Wildman–Crippen MR) is 95.0 cm³/mol. The summed E-state index contributed by atoms with van der Waals surface area (Å²) in [6.45, 7) is 1.73. The molecule has 3 rings (SSSR count). The van der Waals surface area contributed by atoms with Crippen LogP contribution in [-0.4, -0.2) is 18.2 Å². The van der Waals surface area contributed by atoms with Crippen molar-refractivity contribution < 1.29 is 26.0 Å². The van der Waals surface area contributed by atoms with Gasteiger partial charge in [0, 0.05) is 10.6 Å². The smallest absolute Gasteiger partial charge is 0.233 e. The molecule has 28 heavy (non-hydrogen) atoms. The third-order valence-corrected chi connectivity index (χ3v) is 5.30. The minimum Gasteiger partial charge on any atom is -0.233 e. The Labute approximate surface area is 162 Å². The Morgan fingerprint density at radius 1 is 1.11 bits per heavy atom. The Bertz CT molecular complexity index is 1160. The van der Waals surface area contributed by atoms with E-state index in [9.17, 15) is 26.0 Å². The molecule has 2 aromatic carbocycles. The highest BCUT2D eigenvalue weighted by atomic mass is 35.5. The maximum absolute atomic E-state index is 14.2. The van der Waals surface area contributed by atoms with Crippen LogP contribution >= 0.6 is 11.6 Å². The molecule has 148 valence electrons. The van der Waals surface area contributed by atoms with Gasteiger partial charge in [-0.05, 0) is 42.8 Å². The number of rotatable bonds is 4. The second-order valence-electron chi connectivity index (χ2n) is 5.91. The minimum absolute atomic E-state index is 0.0889.